The van der Waals surface area contributed by atoms with E-state index in [0.29, 0.717) is 25.5 Å². The molecule has 3 heterocycles. The lowest BCUT2D eigenvalue weighted by molar-refractivity contribution is -0.0501. The lowest BCUT2D eigenvalue weighted by atomic mass is 10.1. The molecular formula is C20H19F2N5O2. The van der Waals surface area contributed by atoms with Gasteiger partial charge in [-0.05, 0) is 36.8 Å². The molecule has 29 heavy (non-hydrogen) atoms. The van der Waals surface area contributed by atoms with Gasteiger partial charge in [0.25, 0.3) is 5.91 Å². The predicted octanol–water partition coefficient (Wildman–Crippen LogP) is 3.08. The summed E-state index contributed by atoms with van der Waals surface area (Å²) in [4.78, 5) is 26.6. The molecule has 1 aliphatic rings. The predicted molar refractivity (Wildman–Crippen MR) is 103 cm³/mol. The quantitative estimate of drug-likeness (QED) is 0.666. The second-order valence-corrected chi connectivity index (χ2v) is 6.61. The highest BCUT2D eigenvalue weighted by molar-refractivity contribution is 5.97. The smallest absolute Gasteiger partial charge is 0.387 e. The summed E-state index contributed by atoms with van der Waals surface area (Å²) in [7, 11) is 0. The van der Waals surface area contributed by atoms with Gasteiger partial charge in [-0.25, -0.2) is 9.97 Å². The molecule has 1 saturated heterocycles. The highest BCUT2D eigenvalue weighted by atomic mass is 19.3. The normalized spacial score (nSPS) is 16.2. The molecule has 0 radical (unpaired) electrons. The molecule has 0 spiro atoms. The minimum absolute atomic E-state index is 0.0799. The minimum atomic E-state index is -2.99. The Balaban J connectivity index is 1.42. The van der Waals surface area contributed by atoms with Crippen LogP contribution in [-0.2, 0) is 0 Å². The lowest BCUT2D eigenvalue weighted by Gasteiger charge is -2.18. The Morgan fingerprint density at radius 3 is 2.90 bits per heavy atom. The van der Waals surface area contributed by atoms with E-state index in [1.807, 2.05) is 29.3 Å². The standard InChI is InChI=1S/C20H19F2N5O2/c21-19(22)29-17-6-2-1-4-14(17)18(28)25-13-8-11-27(12-13)20-24-10-7-16(26-20)15-5-3-9-23-15/h1-7,9-10,13,19,23H,8,11-12H2,(H,25,28). The maximum absolute atomic E-state index is 12.6. The number of hydrogen-bond acceptors (Lipinski definition) is 5. The third-order valence-electron chi connectivity index (χ3n) is 4.67. The van der Waals surface area contributed by atoms with Gasteiger partial charge in [0, 0.05) is 31.5 Å². The Morgan fingerprint density at radius 1 is 1.24 bits per heavy atom. The monoisotopic (exact) mass is 399 g/mol. The number of nitrogens with zero attached hydrogens (tertiary/aromatic N) is 3. The zero-order valence-corrected chi connectivity index (χ0v) is 15.4. The number of para-hydroxylation sites is 1. The number of carbonyl (C=O) groups is 1. The zero-order chi connectivity index (χ0) is 20.2. The van der Waals surface area contributed by atoms with Crippen LogP contribution in [0, 0.1) is 0 Å². The number of rotatable bonds is 6. The van der Waals surface area contributed by atoms with Crippen molar-refractivity contribution in [2.75, 3.05) is 18.0 Å². The zero-order valence-electron chi connectivity index (χ0n) is 15.4. The van der Waals surface area contributed by atoms with Crippen LogP contribution >= 0.6 is 0 Å². The first-order valence-electron chi connectivity index (χ1n) is 9.16. The molecule has 0 bridgehead atoms. The van der Waals surface area contributed by atoms with Gasteiger partial charge in [0.1, 0.15) is 5.75 Å². The molecule has 2 aromatic heterocycles. The molecule has 3 aromatic rings. The average Bonchev–Trinajstić information content (AvgIpc) is 3.40. The van der Waals surface area contributed by atoms with Crippen molar-refractivity contribution in [3.63, 3.8) is 0 Å². The van der Waals surface area contributed by atoms with Gasteiger partial charge in [0.15, 0.2) is 0 Å². The van der Waals surface area contributed by atoms with Crippen LogP contribution in [-0.4, -0.2) is 46.6 Å². The fourth-order valence-corrected chi connectivity index (χ4v) is 3.32. The second-order valence-electron chi connectivity index (χ2n) is 6.61. The first-order chi connectivity index (χ1) is 14.1. The lowest BCUT2D eigenvalue weighted by Crippen LogP contribution is -2.37. The molecule has 1 aromatic carbocycles. The fraction of sp³-hybridized carbons (Fsp3) is 0.250. The maximum Gasteiger partial charge on any atom is 0.387 e. The number of anilines is 1. The first kappa shape index (κ1) is 18.9. The number of benzene rings is 1. The van der Waals surface area contributed by atoms with Crippen LogP contribution in [0.15, 0.2) is 54.9 Å². The SMILES string of the molecule is O=C(NC1CCN(c2nccc(-c3ccc[nH]3)n2)C1)c1ccccc1OC(F)F. The van der Waals surface area contributed by atoms with Gasteiger partial charge in [-0.3, -0.25) is 4.79 Å². The van der Waals surface area contributed by atoms with Crippen LogP contribution in [0.3, 0.4) is 0 Å². The summed E-state index contributed by atoms with van der Waals surface area (Å²) >= 11 is 0. The number of alkyl halides is 2. The van der Waals surface area contributed by atoms with Crippen molar-refractivity contribution in [2.45, 2.75) is 19.1 Å². The highest BCUT2D eigenvalue weighted by Gasteiger charge is 2.27. The van der Waals surface area contributed by atoms with E-state index in [0.717, 1.165) is 11.4 Å². The Morgan fingerprint density at radius 2 is 2.10 bits per heavy atom. The topological polar surface area (TPSA) is 83.1 Å². The van der Waals surface area contributed by atoms with Crippen LogP contribution in [0.25, 0.3) is 11.4 Å². The third kappa shape index (κ3) is 4.34. The number of aromatic amines is 1. The van der Waals surface area contributed by atoms with Gasteiger partial charge in [0.2, 0.25) is 5.95 Å². The largest absolute Gasteiger partial charge is 0.434 e. The number of H-pyrrole nitrogens is 1. The van der Waals surface area contributed by atoms with Crippen LogP contribution in [0.4, 0.5) is 14.7 Å². The van der Waals surface area contributed by atoms with E-state index < -0.39 is 12.5 Å². The van der Waals surface area contributed by atoms with E-state index in [1.54, 1.807) is 18.3 Å². The van der Waals surface area contributed by atoms with Crippen molar-refractivity contribution in [2.24, 2.45) is 0 Å². The van der Waals surface area contributed by atoms with E-state index in [-0.39, 0.29) is 17.4 Å². The van der Waals surface area contributed by atoms with E-state index >= 15 is 0 Å². The number of amides is 1. The Hall–Kier alpha value is -3.49. The van der Waals surface area contributed by atoms with E-state index in [9.17, 15) is 13.6 Å². The molecule has 4 rings (SSSR count). The van der Waals surface area contributed by atoms with Crippen LogP contribution in [0.1, 0.15) is 16.8 Å². The van der Waals surface area contributed by atoms with E-state index in [1.165, 1.54) is 12.1 Å². The fourth-order valence-electron chi connectivity index (χ4n) is 3.32. The van der Waals surface area contributed by atoms with Crippen LogP contribution in [0.2, 0.25) is 0 Å². The van der Waals surface area contributed by atoms with Gasteiger partial charge in [0.05, 0.1) is 17.0 Å². The van der Waals surface area contributed by atoms with Crippen molar-refractivity contribution in [1.82, 2.24) is 20.3 Å². The molecule has 1 amide bonds. The third-order valence-corrected chi connectivity index (χ3v) is 4.67. The molecule has 1 fully saturated rings. The van der Waals surface area contributed by atoms with Gasteiger partial charge in [-0.2, -0.15) is 8.78 Å². The highest BCUT2D eigenvalue weighted by Crippen LogP contribution is 2.23. The number of aromatic nitrogens is 3. The first-order valence-corrected chi connectivity index (χ1v) is 9.16. The molecular weight excluding hydrogens is 380 g/mol. The molecule has 150 valence electrons. The van der Waals surface area contributed by atoms with E-state index in [4.69, 9.17) is 0 Å². The summed E-state index contributed by atoms with van der Waals surface area (Å²) in [5.41, 5.74) is 1.76. The van der Waals surface area contributed by atoms with Crippen molar-refractivity contribution in [1.29, 1.82) is 0 Å². The van der Waals surface area contributed by atoms with Crippen LogP contribution < -0.4 is 15.0 Å². The molecule has 2 N–H and O–H groups in total. The van der Waals surface area contributed by atoms with Crippen molar-refractivity contribution >= 4 is 11.9 Å². The Bertz CT molecular complexity index is 981. The van der Waals surface area contributed by atoms with Crippen molar-refractivity contribution < 1.29 is 18.3 Å². The molecule has 1 aliphatic heterocycles. The number of hydrogen-bond donors (Lipinski definition) is 2. The molecule has 7 nitrogen and oxygen atoms in total. The summed E-state index contributed by atoms with van der Waals surface area (Å²) in [6.45, 7) is -1.79. The van der Waals surface area contributed by atoms with Crippen LogP contribution in [0.5, 0.6) is 5.75 Å². The summed E-state index contributed by atoms with van der Waals surface area (Å²) < 4.78 is 29.6. The minimum Gasteiger partial charge on any atom is -0.434 e. The van der Waals surface area contributed by atoms with Crippen molar-refractivity contribution in [3.05, 3.63) is 60.4 Å². The van der Waals surface area contributed by atoms with Gasteiger partial charge >= 0.3 is 6.61 Å². The number of halogens is 2. The van der Waals surface area contributed by atoms with E-state index in [2.05, 4.69) is 25.0 Å². The molecule has 1 atom stereocenters. The van der Waals surface area contributed by atoms with Crippen molar-refractivity contribution in [3.8, 4) is 17.1 Å². The molecule has 9 heteroatoms. The molecule has 0 aliphatic carbocycles. The summed E-state index contributed by atoms with van der Waals surface area (Å²) in [6, 6.07) is 11.5. The Kier molecular flexibility index (Phi) is 5.37. The van der Waals surface area contributed by atoms with Gasteiger partial charge in [-0.15, -0.1) is 0 Å². The average molecular weight is 399 g/mol. The molecule has 0 saturated carbocycles. The number of nitrogens with one attached hydrogen (secondary N) is 2. The van der Waals surface area contributed by atoms with Gasteiger partial charge < -0.3 is 19.9 Å². The Labute approximate surface area is 165 Å². The molecule has 1 unspecified atom stereocenters. The summed E-state index contributed by atoms with van der Waals surface area (Å²) in [5, 5.41) is 2.88. The number of ether oxygens (including phenoxy) is 1. The van der Waals surface area contributed by atoms with Gasteiger partial charge in [-0.1, -0.05) is 12.1 Å². The number of carbonyl (C=O) groups excluding carboxylic acids is 1. The summed E-state index contributed by atoms with van der Waals surface area (Å²) in [6.07, 6.45) is 4.22. The second kappa shape index (κ2) is 8.26. The maximum atomic E-state index is 12.6. The summed E-state index contributed by atoms with van der Waals surface area (Å²) in [5.74, 6) is -0.0127.